The van der Waals surface area contributed by atoms with Crippen molar-refractivity contribution >= 4 is 34.6 Å². The van der Waals surface area contributed by atoms with E-state index >= 15 is 0 Å². The maximum Gasteiger partial charge on any atom is 0.157 e. The van der Waals surface area contributed by atoms with Crippen LogP contribution < -0.4 is 20.4 Å². The number of anilines is 4. The van der Waals surface area contributed by atoms with Crippen LogP contribution in [0, 0.1) is 0 Å². The molecule has 2 N–H and O–H groups in total. The molecule has 132 valence electrons. The molecule has 6 nitrogen and oxygen atoms in total. The Bertz CT molecular complexity index is 738. The van der Waals surface area contributed by atoms with Gasteiger partial charge in [-0.2, -0.15) is 0 Å². The number of hydrogen-bond donors (Lipinski definition) is 1. The predicted octanol–water partition coefficient (Wildman–Crippen LogP) is 2.64. The Morgan fingerprint density at radius 1 is 0.840 bits per heavy atom. The second-order valence-electron chi connectivity index (χ2n) is 6.58. The molecule has 1 aromatic carbocycles. The highest BCUT2D eigenvalue weighted by molar-refractivity contribution is 6.30. The first-order valence-electron chi connectivity index (χ1n) is 8.83. The number of hydrogen-bond acceptors (Lipinski definition) is 6. The largest absolute Gasteiger partial charge is 0.393 e. The molecular weight excluding hydrogens is 336 g/mol. The molecule has 0 amide bonds. The Morgan fingerprint density at radius 2 is 1.44 bits per heavy atom. The van der Waals surface area contributed by atoms with Crippen LogP contribution in [0.15, 0.2) is 30.6 Å². The van der Waals surface area contributed by atoms with Crippen molar-refractivity contribution < 1.29 is 0 Å². The molecule has 7 heteroatoms. The third-order valence-electron chi connectivity index (χ3n) is 5.00. The van der Waals surface area contributed by atoms with E-state index in [9.17, 15) is 0 Å². The minimum atomic E-state index is 0.709. The Kier molecular flexibility index (Phi) is 4.53. The monoisotopic (exact) mass is 358 g/mol. The van der Waals surface area contributed by atoms with Crippen molar-refractivity contribution in [3.8, 4) is 0 Å². The fourth-order valence-electron chi connectivity index (χ4n) is 3.66. The Balaban J connectivity index is 1.48. The maximum absolute atomic E-state index is 6.42. The SMILES string of the molecule is Nc1c(N2CCCC2)ncnc1N1CCN(c2cccc(Cl)c2)CC1. The minimum Gasteiger partial charge on any atom is -0.393 e. The van der Waals surface area contributed by atoms with Gasteiger partial charge in [-0.25, -0.2) is 9.97 Å². The summed E-state index contributed by atoms with van der Waals surface area (Å²) in [7, 11) is 0. The Labute approximate surface area is 153 Å². The zero-order chi connectivity index (χ0) is 17.2. The normalized spacial score (nSPS) is 18.0. The quantitative estimate of drug-likeness (QED) is 0.910. The van der Waals surface area contributed by atoms with Gasteiger partial charge in [-0.05, 0) is 31.0 Å². The number of nitrogen functional groups attached to an aromatic ring is 1. The van der Waals surface area contributed by atoms with E-state index in [-0.39, 0.29) is 0 Å². The molecule has 2 aliphatic rings. The van der Waals surface area contributed by atoms with Crippen LogP contribution >= 0.6 is 11.6 Å². The molecule has 2 fully saturated rings. The number of piperazine rings is 1. The van der Waals surface area contributed by atoms with Crippen molar-refractivity contribution in [2.24, 2.45) is 0 Å². The smallest absolute Gasteiger partial charge is 0.157 e. The lowest BCUT2D eigenvalue weighted by Gasteiger charge is -2.37. The fraction of sp³-hybridized carbons (Fsp3) is 0.444. The van der Waals surface area contributed by atoms with Gasteiger partial charge in [0.15, 0.2) is 11.6 Å². The van der Waals surface area contributed by atoms with Crippen molar-refractivity contribution in [3.05, 3.63) is 35.6 Å². The summed E-state index contributed by atoms with van der Waals surface area (Å²) >= 11 is 6.11. The van der Waals surface area contributed by atoms with Gasteiger partial charge in [-0.15, -0.1) is 0 Å². The van der Waals surface area contributed by atoms with Gasteiger partial charge in [0.1, 0.15) is 12.0 Å². The fourth-order valence-corrected chi connectivity index (χ4v) is 3.84. The molecule has 0 atom stereocenters. The van der Waals surface area contributed by atoms with Gasteiger partial charge in [0.05, 0.1) is 0 Å². The first kappa shape index (κ1) is 16.3. The van der Waals surface area contributed by atoms with Crippen molar-refractivity contribution in [3.63, 3.8) is 0 Å². The van der Waals surface area contributed by atoms with Crippen molar-refractivity contribution in [1.29, 1.82) is 0 Å². The van der Waals surface area contributed by atoms with Gasteiger partial charge in [0.2, 0.25) is 0 Å². The third kappa shape index (κ3) is 3.31. The minimum absolute atomic E-state index is 0.709. The van der Waals surface area contributed by atoms with E-state index in [1.54, 1.807) is 6.33 Å². The summed E-state index contributed by atoms with van der Waals surface area (Å²) in [5.74, 6) is 1.75. The van der Waals surface area contributed by atoms with Crippen molar-refractivity contribution in [1.82, 2.24) is 9.97 Å². The van der Waals surface area contributed by atoms with Crippen LogP contribution in [-0.2, 0) is 0 Å². The van der Waals surface area contributed by atoms with Crippen LogP contribution in [0.5, 0.6) is 0 Å². The number of halogens is 1. The molecule has 2 aromatic rings. The molecule has 25 heavy (non-hydrogen) atoms. The summed E-state index contributed by atoms with van der Waals surface area (Å²) in [5, 5.41) is 0.773. The van der Waals surface area contributed by atoms with Crippen LogP contribution in [0.25, 0.3) is 0 Å². The summed E-state index contributed by atoms with van der Waals surface area (Å²) in [5.41, 5.74) is 8.30. The second kappa shape index (κ2) is 6.96. The lowest BCUT2D eigenvalue weighted by atomic mass is 10.2. The Hall–Kier alpha value is -2.21. The third-order valence-corrected chi connectivity index (χ3v) is 5.24. The predicted molar refractivity (Wildman–Crippen MR) is 104 cm³/mol. The molecule has 0 aliphatic carbocycles. The van der Waals surface area contributed by atoms with E-state index in [1.165, 1.54) is 18.5 Å². The van der Waals surface area contributed by atoms with E-state index in [0.29, 0.717) is 5.69 Å². The van der Waals surface area contributed by atoms with Gasteiger partial charge < -0.3 is 20.4 Å². The first-order chi connectivity index (χ1) is 12.2. The van der Waals surface area contributed by atoms with Gasteiger partial charge in [0, 0.05) is 50.0 Å². The van der Waals surface area contributed by atoms with Gasteiger partial charge in [0.25, 0.3) is 0 Å². The molecule has 4 rings (SSSR count). The summed E-state index contributed by atoms with van der Waals surface area (Å²) in [6, 6.07) is 8.02. The summed E-state index contributed by atoms with van der Waals surface area (Å²) < 4.78 is 0. The van der Waals surface area contributed by atoms with E-state index in [1.807, 2.05) is 18.2 Å². The van der Waals surface area contributed by atoms with Crippen LogP contribution in [0.2, 0.25) is 5.02 Å². The average molecular weight is 359 g/mol. The molecule has 0 unspecified atom stereocenters. The van der Waals surface area contributed by atoms with Crippen LogP contribution in [0.4, 0.5) is 23.0 Å². The van der Waals surface area contributed by atoms with Gasteiger partial charge >= 0.3 is 0 Å². The molecule has 2 aliphatic heterocycles. The van der Waals surface area contributed by atoms with Crippen molar-refractivity contribution in [2.45, 2.75) is 12.8 Å². The molecule has 0 bridgehead atoms. The topological polar surface area (TPSA) is 61.5 Å². The molecule has 0 radical (unpaired) electrons. The second-order valence-corrected chi connectivity index (χ2v) is 7.02. The van der Waals surface area contributed by atoms with E-state index in [0.717, 1.165) is 55.9 Å². The number of nitrogens with two attached hydrogens (primary N) is 1. The molecule has 3 heterocycles. The summed E-state index contributed by atoms with van der Waals surface area (Å²) in [4.78, 5) is 15.8. The standard InChI is InChI=1S/C18H23ClN6/c19-14-4-3-5-15(12-14)23-8-10-25(11-9-23)18-16(20)17(21-13-22-18)24-6-1-2-7-24/h3-5,12-13H,1-2,6-11,20H2. The van der Waals surface area contributed by atoms with Gasteiger partial charge in [-0.1, -0.05) is 17.7 Å². The van der Waals surface area contributed by atoms with Crippen LogP contribution in [0.1, 0.15) is 12.8 Å². The Morgan fingerprint density at radius 3 is 2.08 bits per heavy atom. The van der Waals surface area contributed by atoms with Crippen LogP contribution in [-0.4, -0.2) is 49.2 Å². The molecule has 2 saturated heterocycles. The summed E-state index contributed by atoms with van der Waals surface area (Å²) in [6.45, 7) is 5.67. The summed E-state index contributed by atoms with van der Waals surface area (Å²) in [6.07, 6.45) is 4.05. The molecular formula is C18H23ClN6. The maximum atomic E-state index is 6.42. The number of aromatic nitrogens is 2. The zero-order valence-electron chi connectivity index (χ0n) is 14.2. The lowest BCUT2D eigenvalue weighted by Crippen LogP contribution is -2.47. The highest BCUT2D eigenvalue weighted by atomic mass is 35.5. The van der Waals surface area contributed by atoms with E-state index in [4.69, 9.17) is 17.3 Å². The van der Waals surface area contributed by atoms with E-state index in [2.05, 4.69) is 30.7 Å². The zero-order valence-corrected chi connectivity index (χ0v) is 15.0. The lowest BCUT2D eigenvalue weighted by molar-refractivity contribution is 0.647. The molecule has 0 spiro atoms. The number of nitrogens with zero attached hydrogens (tertiary/aromatic N) is 5. The number of benzene rings is 1. The highest BCUT2D eigenvalue weighted by Crippen LogP contribution is 2.32. The number of rotatable bonds is 3. The highest BCUT2D eigenvalue weighted by Gasteiger charge is 2.24. The van der Waals surface area contributed by atoms with E-state index < -0.39 is 0 Å². The van der Waals surface area contributed by atoms with Crippen molar-refractivity contribution in [2.75, 3.05) is 59.7 Å². The molecule has 1 aromatic heterocycles. The average Bonchev–Trinajstić information content (AvgIpc) is 3.17. The first-order valence-corrected chi connectivity index (χ1v) is 9.21. The van der Waals surface area contributed by atoms with Gasteiger partial charge in [-0.3, -0.25) is 0 Å². The van der Waals surface area contributed by atoms with Crippen LogP contribution in [0.3, 0.4) is 0 Å². The molecule has 0 saturated carbocycles.